The highest BCUT2D eigenvalue weighted by Gasteiger charge is 2.29. The molecule has 1 amide bonds. The lowest BCUT2D eigenvalue weighted by atomic mass is 9.95. The molecule has 2 N–H and O–H groups in total. The third kappa shape index (κ3) is 3.97. The highest BCUT2D eigenvalue weighted by Crippen LogP contribution is 2.26. The summed E-state index contributed by atoms with van der Waals surface area (Å²) in [5.41, 5.74) is 0.986. The van der Waals surface area contributed by atoms with Gasteiger partial charge in [-0.15, -0.1) is 0 Å². The average Bonchev–Trinajstić information content (AvgIpc) is 2.45. The molecule has 1 aromatic carbocycles. The Morgan fingerprint density at radius 1 is 1.38 bits per heavy atom. The Morgan fingerprint density at radius 3 is 2.76 bits per heavy atom. The van der Waals surface area contributed by atoms with Gasteiger partial charge in [0.1, 0.15) is 18.4 Å². The standard InChI is InChI=1S/C16H21NO4/c1-10(2)7-13(16(19)20)17-15(18)12-8-11-5-3-4-6-14(11)21-9-12/h3-6,10,12-13H,7-9H2,1-2H3,(H,17,18)(H,19,20). The smallest absolute Gasteiger partial charge is 0.326 e. The van der Waals surface area contributed by atoms with E-state index in [1.54, 1.807) is 0 Å². The van der Waals surface area contributed by atoms with Gasteiger partial charge in [-0.1, -0.05) is 32.0 Å². The van der Waals surface area contributed by atoms with E-state index in [-0.39, 0.29) is 24.3 Å². The van der Waals surface area contributed by atoms with Crippen molar-refractivity contribution in [3.63, 3.8) is 0 Å². The summed E-state index contributed by atoms with van der Waals surface area (Å²) in [4.78, 5) is 23.5. The second-order valence-electron chi connectivity index (χ2n) is 5.85. The molecule has 21 heavy (non-hydrogen) atoms. The lowest BCUT2D eigenvalue weighted by Crippen LogP contribution is -2.46. The number of carbonyl (C=O) groups excluding carboxylic acids is 1. The van der Waals surface area contributed by atoms with Crippen LogP contribution in [0.15, 0.2) is 24.3 Å². The number of hydrogen-bond donors (Lipinski definition) is 2. The van der Waals surface area contributed by atoms with Crippen LogP contribution >= 0.6 is 0 Å². The molecule has 0 saturated heterocycles. The predicted octanol–water partition coefficient (Wildman–Crippen LogP) is 1.85. The molecule has 0 saturated carbocycles. The Bertz CT molecular complexity index is 527. The van der Waals surface area contributed by atoms with E-state index in [2.05, 4.69) is 5.32 Å². The fourth-order valence-electron chi connectivity index (χ4n) is 2.48. The summed E-state index contributed by atoms with van der Waals surface area (Å²) in [5.74, 6) is -0.575. The van der Waals surface area contributed by atoms with E-state index < -0.39 is 12.0 Å². The van der Waals surface area contributed by atoms with Gasteiger partial charge in [-0.2, -0.15) is 0 Å². The van der Waals surface area contributed by atoms with Crippen molar-refractivity contribution in [3.05, 3.63) is 29.8 Å². The first-order valence-electron chi connectivity index (χ1n) is 7.21. The number of carbonyl (C=O) groups is 2. The normalized spacial score (nSPS) is 18.5. The third-order valence-electron chi connectivity index (χ3n) is 3.57. The number of carboxylic acids is 1. The number of ether oxygens (including phenoxy) is 1. The van der Waals surface area contributed by atoms with Crippen LogP contribution in [0, 0.1) is 11.8 Å². The van der Waals surface area contributed by atoms with Gasteiger partial charge >= 0.3 is 5.97 Å². The summed E-state index contributed by atoms with van der Waals surface area (Å²) < 4.78 is 5.57. The van der Waals surface area contributed by atoms with Crippen molar-refractivity contribution in [1.82, 2.24) is 5.32 Å². The van der Waals surface area contributed by atoms with E-state index in [4.69, 9.17) is 4.74 Å². The van der Waals surface area contributed by atoms with Gasteiger partial charge in [0.15, 0.2) is 0 Å². The van der Waals surface area contributed by atoms with Gasteiger partial charge in [0, 0.05) is 0 Å². The van der Waals surface area contributed by atoms with Crippen LogP contribution in [0.1, 0.15) is 25.8 Å². The Balaban J connectivity index is 1.99. The Kier molecular flexibility index (Phi) is 4.83. The van der Waals surface area contributed by atoms with E-state index in [1.165, 1.54) is 0 Å². The molecular weight excluding hydrogens is 270 g/mol. The SMILES string of the molecule is CC(C)CC(NC(=O)C1COc2ccccc2C1)C(=O)O. The number of nitrogens with one attached hydrogen (secondary N) is 1. The van der Waals surface area contributed by atoms with Crippen LogP contribution in [0.2, 0.25) is 0 Å². The van der Waals surface area contributed by atoms with Crippen LogP contribution in [0.4, 0.5) is 0 Å². The highest BCUT2D eigenvalue weighted by atomic mass is 16.5. The molecule has 1 aliphatic heterocycles. The molecule has 5 nitrogen and oxygen atoms in total. The molecular formula is C16H21NO4. The van der Waals surface area contributed by atoms with Gasteiger partial charge in [0.2, 0.25) is 5.91 Å². The molecule has 1 heterocycles. The van der Waals surface area contributed by atoms with Crippen LogP contribution in [0.3, 0.4) is 0 Å². The number of aliphatic carboxylic acids is 1. The molecule has 2 rings (SSSR count). The van der Waals surface area contributed by atoms with E-state index in [0.717, 1.165) is 11.3 Å². The molecule has 1 aliphatic rings. The van der Waals surface area contributed by atoms with E-state index in [9.17, 15) is 14.7 Å². The predicted molar refractivity (Wildman–Crippen MR) is 78.2 cm³/mol. The second kappa shape index (κ2) is 6.61. The van der Waals surface area contributed by atoms with Crippen molar-refractivity contribution in [2.75, 3.05) is 6.61 Å². The summed E-state index contributed by atoms with van der Waals surface area (Å²) in [7, 11) is 0. The second-order valence-corrected chi connectivity index (χ2v) is 5.85. The highest BCUT2D eigenvalue weighted by molar-refractivity contribution is 5.85. The Hall–Kier alpha value is -2.04. The number of benzene rings is 1. The third-order valence-corrected chi connectivity index (χ3v) is 3.57. The van der Waals surface area contributed by atoms with Crippen molar-refractivity contribution in [2.24, 2.45) is 11.8 Å². The minimum Gasteiger partial charge on any atom is -0.492 e. The summed E-state index contributed by atoms with van der Waals surface area (Å²) >= 11 is 0. The molecule has 0 fully saturated rings. The lowest BCUT2D eigenvalue weighted by Gasteiger charge is -2.26. The zero-order valence-corrected chi connectivity index (χ0v) is 12.3. The van der Waals surface area contributed by atoms with Crippen LogP contribution in [-0.2, 0) is 16.0 Å². The fraction of sp³-hybridized carbons (Fsp3) is 0.500. The molecule has 2 atom stereocenters. The van der Waals surface area contributed by atoms with Crippen LogP contribution in [0.25, 0.3) is 0 Å². The van der Waals surface area contributed by atoms with Crippen molar-refractivity contribution >= 4 is 11.9 Å². The van der Waals surface area contributed by atoms with Gasteiger partial charge < -0.3 is 15.2 Å². The molecule has 114 valence electrons. The lowest BCUT2D eigenvalue weighted by molar-refractivity contribution is -0.143. The number of amides is 1. The van der Waals surface area contributed by atoms with Gasteiger partial charge in [0.25, 0.3) is 0 Å². The van der Waals surface area contributed by atoms with Crippen LogP contribution in [-0.4, -0.2) is 29.6 Å². The summed E-state index contributed by atoms with van der Waals surface area (Å²) in [5, 5.41) is 11.8. The van der Waals surface area contributed by atoms with Gasteiger partial charge in [-0.25, -0.2) is 4.79 Å². The molecule has 0 aromatic heterocycles. The van der Waals surface area contributed by atoms with Crippen molar-refractivity contribution in [1.29, 1.82) is 0 Å². The van der Waals surface area contributed by atoms with Crippen molar-refractivity contribution in [2.45, 2.75) is 32.7 Å². The molecule has 0 aliphatic carbocycles. The number of carboxylic acid groups (broad SMARTS) is 1. The molecule has 2 unspecified atom stereocenters. The maximum atomic E-state index is 12.2. The van der Waals surface area contributed by atoms with E-state index >= 15 is 0 Å². The first-order chi connectivity index (χ1) is 9.97. The fourth-order valence-corrected chi connectivity index (χ4v) is 2.48. The summed E-state index contributed by atoms with van der Waals surface area (Å²) in [6.45, 7) is 4.15. The van der Waals surface area contributed by atoms with Gasteiger partial charge in [0.05, 0.1) is 5.92 Å². The quantitative estimate of drug-likeness (QED) is 0.868. The van der Waals surface area contributed by atoms with Crippen LogP contribution in [0.5, 0.6) is 5.75 Å². The minimum atomic E-state index is -0.992. The van der Waals surface area contributed by atoms with E-state index in [1.807, 2.05) is 38.1 Å². The maximum Gasteiger partial charge on any atom is 0.326 e. The molecule has 0 bridgehead atoms. The van der Waals surface area contributed by atoms with Gasteiger partial charge in [-0.3, -0.25) is 4.79 Å². The van der Waals surface area contributed by atoms with E-state index in [0.29, 0.717) is 12.8 Å². The molecule has 5 heteroatoms. The number of rotatable bonds is 5. The molecule has 0 spiro atoms. The Morgan fingerprint density at radius 2 is 2.10 bits per heavy atom. The first kappa shape index (κ1) is 15.4. The molecule has 0 radical (unpaired) electrons. The largest absolute Gasteiger partial charge is 0.492 e. The summed E-state index contributed by atoms with van der Waals surface area (Å²) in [6.07, 6.45) is 1.00. The number of para-hydroxylation sites is 1. The zero-order chi connectivity index (χ0) is 15.4. The average molecular weight is 291 g/mol. The van der Waals surface area contributed by atoms with Crippen LogP contribution < -0.4 is 10.1 Å². The Labute approximate surface area is 124 Å². The topological polar surface area (TPSA) is 75.6 Å². The monoisotopic (exact) mass is 291 g/mol. The van der Waals surface area contributed by atoms with Crippen molar-refractivity contribution < 1.29 is 19.4 Å². The van der Waals surface area contributed by atoms with Crippen molar-refractivity contribution in [3.8, 4) is 5.75 Å². The summed E-state index contributed by atoms with van der Waals surface area (Å²) in [6, 6.07) is 6.76. The maximum absolute atomic E-state index is 12.2. The number of fused-ring (bicyclic) bond motifs is 1. The zero-order valence-electron chi connectivity index (χ0n) is 12.3. The first-order valence-corrected chi connectivity index (χ1v) is 7.21. The molecule has 1 aromatic rings. The van der Waals surface area contributed by atoms with Gasteiger partial charge in [-0.05, 0) is 30.4 Å². The minimum absolute atomic E-state index is 0.203. The number of hydrogen-bond acceptors (Lipinski definition) is 3.